The van der Waals surface area contributed by atoms with Gasteiger partial charge in [-0.3, -0.25) is 0 Å². The zero-order valence-electron chi connectivity index (χ0n) is 14.5. The molecular weight excluding hydrogens is 326 g/mol. The van der Waals surface area contributed by atoms with E-state index in [1.807, 2.05) is 0 Å². The van der Waals surface area contributed by atoms with Gasteiger partial charge < -0.3 is 9.42 Å². The summed E-state index contributed by atoms with van der Waals surface area (Å²) in [5.74, 6) is 0.351. The third-order valence-corrected chi connectivity index (χ3v) is 6.52. The number of rotatable bonds is 3. The van der Waals surface area contributed by atoms with Gasteiger partial charge >= 0.3 is 0 Å². The van der Waals surface area contributed by atoms with E-state index in [9.17, 15) is 8.42 Å². The Balaban J connectivity index is 1.77. The summed E-state index contributed by atoms with van der Waals surface area (Å²) in [7, 11) is -3.55. The molecule has 0 amide bonds. The van der Waals surface area contributed by atoms with Crippen LogP contribution in [0.2, 0.25) is 0 Å². The van der Waals surface area contributed by atoms with E-state index in [2.05, 4.69) is 42.1 Å². The van der Waals surface area contributed by atoms with Crippen LogP contribution < -0.4 is 4.90 Å². The molecule has 0 saturated carbocycles. The highest BCUT2D eigenvalue weighted by Gasteiger charge is 2.33. The van der Waals surface area contributed by atoms with Crippen molar-refractivity contribution in [3.05, 3.63) is 40.8 Å². The molecule has 1 aliphatic rings. The Morgan fingerprint density at radius 2 is 1.54 bits per heavy atom. The Morgan fingerprint density at radius 3 is 2.04 bits per heavy atom. The monoisotopic (exact) mass is 349 g/mol. The fourth-order valence-electron chi connectivity index (χ4n) is 3.29. The molecule has 0 bridgehead atoms. The van der Waals surface area contributed by atoms with Crippen molar-refractivity contribution in [1.82, 2.24) is 9.46 Å². The molecule has 1 aliphatic heterocycles. The maximum absolute atomic E-state index is 12.8. The van der Waals surface area contributed by atoms with Crippen LogP contribution in [0, 0.1) is 27.7 Å². The number of hydrogen-bond donors (Lipinski definition) is 0. The number of aromatic nitrogens is 1. The second-order valence-corrected chi connectivity index (χ2v) is 8.27. The molecule has 0 aliphatic carbocycles. The number of hydrogen-bond acceptors (Lipinski definition) is 5. The first-order chi connectivity index (χ1) is 11.3. The predicted octanol–water partition coefficient (Wildman–Crippen LogP) is 2.42. The fraction of sp³-hybridized carbons (Fsp3) is 0.471. The van der Waals surface area contributed by atoms with Gasteiger partial charge in [-0.25, -0.2) is 8.42 Å². The van der Waals surface area contributed by atoms with Gasteiger partial charge in [-0.15, -0.1) is 0 Å². The number of piperazine rings is 1. The van der Waals surface area contributed by atoms with Gasteiger partial charge in [0.25, 0.3) is 0 Å². The van der Waals surface area contributed by atoms with Gasteiger partial charge in [-0.2, -0.15) is 4.31 Å². The van der Waals surface area contributed by atoms with Crippen LogP contribution in [0.3, 0.4) is 0 Å². The van der Waals surface area contributed by atoms with Crippen molar-refractivity contribution in [3.63, 3.8) is 0 Å². The smallest absolute Gasteiger partial charge is 0.248 e. The minimum Gasteiger partial charge on any atom is -0.369 e. The second kappa shape index (κ2) is 6.22. The van der Waals surface area contributed by atoms with Crippen molar-refractivity contribution in [2.24, 2.45) is 0 Å². The van der Waals surface area contributed by atoms with Gasteiger partial charge in [0.1, 0.15) is 10.6 Å². The predicted molar refractivity (Wildman–Crippen MR) is 92.9 cm³/mol. The van der Waals surface area contributed by atoms with Crippen LogP contribution in [0.25, 0.3) is 0 Å². The van der Waals surface area contributed by atoms with E-state index in [1.165, 1.54) is 15.4 Å². The van der Waals surface area contributed by atoms with E-state index in [0.717, 1.165) is 5.69 Å². The number of anilines is 1. The first-order valence-corrected chi connectivity index (χ1v) is 9.49. The average Bonchev–Trinajstić information content (AvgIpc) is 2.86. The van der Waals surface area contributed by atoms with E-state index >= 15 is 0 Å². The van der Waals surface area contributed by atoms with Crippen LogP contribution in [0.15, 0.2) is 27.6 Å². The summed E-state index contributed by atoms with van der Waals surface area (Å²) in [4.78, 5) is 2.45. The topological polar surface area (TPSA) is 66.7 Å². The zero-order chi connectivity index (χ0) is 17.5. The van der Waals surface area contributed by atoms with Crippen LogP contribution in [0.5, 0.6) is 0 Å². The summed E-state index contributed by atoms with van der Waals surface area (Å²) < 4.78 is 32.2. The summed E-state index contributed by atoms with van der Waals surface area (Å²) >= 11 is 0. The van der Waals surface area contributed by atoms with Crippen molar-refractivity contribution in [3.8, 4) is 0 Å². The largest absolute Gasteiger partial charge is 0.369 e. The quantitative estimate of drug-likeness (QED) is 0.851. The minimum atomic E-state index is -3.55. The van der Waals surface area contributed by atoms with E-state index in [-0.39, 0.29) is 4.90 Å². The van der Waals surface area contributed by atoms with E-state index < -0.39 is 10.0 Å². The Morgan fingerprint density at radius 1 is 0.958 bits per heavy atom. The highest BCUT2D eigenvalue weighted by molar-refractivity contribution is 7.89. The fourth-order valence-corrected chi connectivity index (χ4v) is 5.01. The highest BCUT2D eigenvalue weighted by atomic mass is 32.2. The molecule has 1 aromatic heterocycles. The van der Waals surface area contributed by atoms with Crippen molar-refractivity contribution < 1.29 is 12.9 Å². The van der Waals surface area contributed by atoms with Crippen molar-refractivity contribution in [2.45, 2.75) is 32.6 Å². The minimum absolute atomic E-state index is 0.211. The normalized spacial score (nSPS) is 16.6. The Bertz CT molecular complexity index is 810. The van der Waals surface area contributed by atoms with Gasteiger partial charge in [-0.05, 0) is 51.0 Å². The lowest BCUT2D eigenvalue weighted by Gasteiger charge is -2.35. The molecule has 6 nitrogen and oxygen atoms in total. The molecule has 3 rings (SSSR count). The summed E-state index contributed by atoms with van der Waals surface area (Å²) in [6, 6.07) is 6.43. The van der Waals surface area contributed by atoms with Gasteiger partial charge in [0.05, 0.1) is 0 Å². The molecule has 2 heterocycles. The summed E-state index contributed by atoms with van der Waals surface area (Å²) in [6.45, 7) is 9.72. The molecule has 1 saturated heterocycles. The maximum atomic E-state index is 12.8. The van der Waals surface area contributed by atoms with E-state index in [1.54, 1.807) is 13.8 Å². The third kappa shape index (κ3) is 3.06. The first kappa shape index (κ1) is 17.0. The average molecular weight is 349 g/mol. The summed E-state index contributed by atoms with van der Waals surface area (Å²) in [5.41, 5.74) is 4.01. The second-order valence-electron chi connectivity index (χ2n) is 6.39. The summed E-state index contributed by atoms with van der Waals surface area (Å²) in [5, 5.41) is 3.77. The molecule has 24 heavy (non-hydrogen) atoms. The third-order valence-electron chi connectivity index (χ3n) is 4.38. The number of benzene rings is 1. The molecule has 0 atom stereocenters. The standard InChI is InChI=1S/C17H23N3O3S/c1-12-9-13(2)11-16(10-12)19-5-7-20(8-6-19)24(21,22)17-14(3)18-23-15(17)4/h9-11H,5-8H2,1-4H3. The molecule has 7 heteroatoms. The Labute approximate surface area is 143 Å². The van der Waals surface area contributed by atoms with Crippen LogP contribution in [-0.2, 0) is 10.0 Å². The van der Waals surface area contributed by atoms with E-state index in [0.29, 0.717) is 37.6 Å². The van der Waals surface area contributed by atoms with Gasteiger partial charge in [0, 0.05) is 31.9 Å². The van der Waals surface area contributed by atoms with Gasteiger partial charge in [-0.1, -0.05) is 11.2 Å². The number of nitrogens with zero attached hydrogens (tertiary/aromatic N) is 3. The zero-order valence-corrected chi connectivity index (χ0v) is 15.4. The molecule has 1 aromatic carbocycles. The van der Waals surface area contributed by atoms with Crippen LogP contribution in [0.4, 0.5) is 5.69 Å². The lowest BCUT2D eigenvalue weighted by molar-refractivity contribution is 0.378. The maximum Gasteiger partial charge on any atom is 0.248 e. The summed E-state index contributed by atoms with van der Waals surface area (Å²) in [6.07, 6.45) is 0. The molecule has 0 spiro atoms. The van der Waals surface area contributed by atoms with Crippen LogP contribution in [0.1, 0.15) is 22.6 Å². The number of aryl methyl sites for hydroxylation is 4. The van der Waals surface area contributed by atoms with Gasteiger partial charge in [0.2, 0.25) is 10.0 Å². The highest BCUT2D eigenvalue weighted by Crippen LogP contribution is 2.26. The Kier molecular flexibility index (Phi) is 4.40. The molecule has 0 radical (unpaired) electrons. The molecule has 0 N–H and O–H groups in total. The molecular formula is C17H23N3O3S. The van der Waals surface area contributed by atoms with Crippen molar-refractivity contribution in [1.29, 1.82) is 0 Å². The van der Waals surface area contributed by atoms with Gasteiger partial charge in [0.15, 0.2) is 5.76 Å². The molecule has 0 unspecified atom stereocenters. The van der Waals surface area contributed by atoms with Crippen molar-refractivity contribution in [2.75, 3.05) is 31.1 Å². The van der Waals surface area contributed by atoms with Crippen LogP contribution in [-0.4, -0.2) is 44.1 Å². The first-order valence-electron chi connectivity index (χ1n) is 8.05. The van der Waals surface area contributed by atoms with E-state index in [4.69, 9.17) is 4.52 Å². The SMILES string of the molecule is Cc1cc(C)cc(N2CCN(S(=O)(=O)c3c(C)noc3C)CC2)c1. The van der Waals surface area contributed by atoms with Crippen LogP contribution >= 0.6 is 0 Å². The molecule has 1 fully saturated rings. The lowest BCUT2D eigenvalue weighted by atomic mass is 10.1. The molecule has 2 aromatic rings. The molecule has 130 valence electrons. The Hall–Kier alpha value is -1.86. The number of sulfonamides is 1. The lowest BCUT2D eigenvalue weighted by Crippen LogP contribution is -2.48. The van der Waals surface area contributed by atoms with Crippen molar-refractivity contribution >= 4 is 15.7 Å².